The number of thiophene rings is 1. The lowest BCUT2D eigenvalue weighted by molar-refractivity contribution is -0.138. The fourth-order valence-corrected chi connectivity index (χ4v) is 3.70. The lowest BCUT2D eigenvalue weighted by Crippen LogP contribution is -2.45. The zero-order valence-electron chi connectivity index (χ0n) is 17.3. The minimum atomic E-state index is -0.864. The van der Waals surface area contributed by atoms with Gasteiger partial charge in [0, 0.05) is 0 Å². The van der Waals surface area contributed by atoms with Crippen LogP contribution in [0.15, 0.2) is 53.0 Å². The molecule has 0 bridgehead atoms. The molecule has 12 heteroatoms. The Kier molecular flexibility index (Phi) is 6.45. The van der Waals surface area contributed by atoms with E-state index >= 15 is 0 Å². The molecule has 1 aliphatic heterocycles. The predicted molar refractivity (Wildman–Crippen MR) is 115 cm³/mol. The molecule has 1 aliphatic rings. The van der Waals surface area contributed by atoms with Crippen molar-refractivity contribution in [2.24, 2.45) is 0 Å². The van der Waals surface area contributed by atoms with E-state index in [4.69, 9.17) is 9.47 Å². The number of nitrogens with one attached hydrogen (secondary N) is 2. The summed E-state index contributed by atoms with van der Waals surface area (Å²) in [6.07, 6.45) is 0. The molecule has 0 radical (unpaired) electrons. The number of hydrogen-bond donors (Lipinski definition) is 2. The largest absolute Gasteiger partial charge is 0.463 e. The Labute approximate surface area is 191 Å². The van der Waals surface area contributed by atoms with Gasteiger partial charge in [0.25, 0.3) is 5.82 Å². The van der Waals surface area contributed by atoms with Crippen molar-refractivity contribution >= 4 is 29.3 Å². The molecular formula is C21H18FN5O5S. The quantitative estimate of drug-likeness (QED) is 0.507. The molecule has 0 atom stereocenters. The van der Waals surface area contributed by atoms with E-state index in [-0.39, 0.29) is 36.9 Å². The third-order valence-electron chi connectivity index (χ3n) is 4.53. The van der Waals surface area contributed by atoms with Crippen molar-refractivity contribution in [2.75, 3.05) is 19.8 Å². The van der Waals surface area contributed by atoms with E-state index in [0.29, 0.717) is 11.5 Å². The standard InChI is InChI=1S/C21H18FN5O5S/c1-2-31-19(28)14-10-23-21(30)24-15(14)11-32-20(29)17-25-18(16-4-3-9-33-16)27(26-17)13-7-5-12(22)6-8-13/h3-9H,2,10-11H2,1H3,(H2,23,24,30). The summed E-state index contributed by atoms with van der Waals surface area (Å²) in [6.45, 7) is 1.36. The molecule has 170 valence electrons. The zero-order chi connectivity index (χ0) is 23.4. The number of amides is 2. The van der Waals surface area contributed by atoms with Gasteiger partial charge in [-0.2, -0.15) is 4.98 Å². The van der Waals surface area contributed by atoms with Crippen LogP contribution < -0.4 is 10.6 Å². The lowest BCUT2D eigenvalue weighted by Gasteiger charge is -2.20. The second-order valence-electron chi connectivity index (χ2n) is 6.69. The molecule has 3 aromatic rings. The second kappa shape index (κ2) is 9.61. The smallest absolute Gasteiger partial charge is 0.378 e. The van der Waals surface area contributed by atoms with Gasteiger partial charge in [-0.1, -0.05) is 6.07 Å². The van der Waals surface area contributed by atoms with Gasteiger partial charge in [0.1, 0.15) is 12.4 Å². The Morgan fingerprint density at radius 2 is 1.97 bits per heavy atom. The molecule has 0 fully saturated rings. The Bertz CT molecular complexity index is 1220. The molecule has 0 unspecified atom stereocenters. The van der Waals surface area contributed by atoms with E-state index in [0.717, 1.165) is 4.88 Å². The van der Waals surface area contributed by atoms with Crippen molar-refractivity contribution < 1.29 is 28.2 Å². The number of rotatable bonds is 7. The highest BCUT2D eigenvalue weighted by molar-refractivity contribution is 7.13. The van der Waals surface area contributed by atoms with E-state index in [2.05, 4.69) is 20.7 Å². The number of esters is 2. The summed E-state index contributed by atoms with van der Waals surface area (Å²) in [5.41, 5.74) is 0.764. The maximum atomic E-state index is 13.4. The summed E-state index contributed by atoms with van der Waals surface area (Å²) in [6, 6.07) is 8.67. The molecule has 0 saturated carbocycles. The number of carbonyl (C=O) groups excluding carboxylic acids is 3. The summed E-state index contributed by atoms with van der Waals surface area (Å²) >= 11 is 1.39. The van der Waals surface area contributed by atoms with Gasteiger partial charge in [-0.05, 0) is 42.6 Å². The van der Waals surface area contributed by atoms with E-state index in [1.807, 2.05) is 17.5 Å². The SMILES string of the molecule is CCOC(=O)C1=C(COC(=O)c2nc(-c3cccs3)n(-c3ccc(F)cc3)n2)NC(=O)NC1. The van der Waals surface area contributed by atoms with Crippen molar-refractivity contribution in [3.05, 3.63) is 64.7 Å². The molecule has 0 aliphatic carbocycles. The molecule has 4 rings (SSSR count). The van der Waals surface area contributed by atoms with Gasteiger partial charge < -0.3 is 20.1 Å². The van der Waals surface area contributed by atoms with Crippen LogP contribution in [0.5, 0.6) is 0 Å². The molecule has 0 saturated heterocycles. The number of carbonyl (C=O) groups is 3. The molecular weight excluding hydrogens is 453 g/mol. The first-order valence-electron chi connectivity index (χ1n) is 9.84. The Balaban J connectivity index is 1.59. The fourth-order valence-electron chi connectivity index (χ4n) is 3.00. The third kappa shape index (κ3) is 4.90. The number of ether oxygens (including phenoxy) is 2. The monoisotopic (exact) mass is 471 g/mol. The maximum Gasteiger partial charge on any atom is 0.378 e. The molecule has 2 amide bonds. The van der Waals surface area contributed by atoms with E-state index in [1.54, 1.807) is 6.92 Å². The Hall–Kier alpha value is -4.06. The Morgan fingerprint density at radius 1 is 1.18 bits per heavy atom. The number of hydrogen-bond acceptors (Lipinski definition) is 8. The number of urea groups is 1. The minimum absolute atomic E-state index is 0.0580. The molecule has 2 aromatic heterocycles. The summed E-state index contributed by atoms with van der Waals surface area (Å²) in [5.74, 6) is -1.76. The van der Waals surface area contributed by atoms with E-state index in [9.17, 15) is 18.8 Å². The summed E-state index contributed by atoms with van der Waals surface area (Å²) in [5, 5.41) is 11.0. The van der Waals surface area contributed by atoms with Crippen molar-refractivity contribution in [1.82, 2.24) is 25.4 Å². The lowest BCUT2D eigenvalue weighted by atomic mass is 10.2. The van der Waals surface area contributed by atoms with Crippen LogP contribution in [0.4, 0.5) is 9.18 Å². The van der Waals surface area contributed by atoms with Crippen molar-refractivity contribution in [3.8, 4) is 16.4 Å². The van der Waals surface area contributed by atoms with Crippen LogP contribution in [-0.4, -0.2) is 52.5 Å². The number of nitrogens with zero attached hydrogens (tertiary/aromatic N) is 3. The van der Waals surface area contributed by atoms with Crippen LogP contribution in [0.1, 0.15) is 17.5 Å². The van der Waals surface area contributed by atoms with Crippen LogP contribution in [-0.2, 0) is 14.3 Å². The molecule has 1 aromatic carbocycles. The van der Waals surface area contributed by atoms with Gasteiger partial charge >= 0.3 is 18.0 Å². The topological polar surface area (TPSA) is 124 Å². The highest BCUT2D eigenvalue weighted by Crippen LogP contribution is 2.26. The average Bonchev–Trinajstić information content (AvgIpc) is 3.48. The van der Waals surface area contributed by atoms with Crippen LogP contribution in [0.3, 0.4) is 0 Å². The maximum absolute atomic E-state index is 13.4. The zero-order valence-corrected chi connectivity index (χ0v) is 18.1. The summed E-state index contributed by atoms with van der Waals surface area (Å²) < 4.78 is 25.0. The predicted octanol–water partition coefficient (Wildman–Crippen LogP) is 2.42. The van der Waals surface area contributed by atoms with Crippen LogP contribution in [0, 0.1) is 5.82 Å². The van der Waals surface area contributed by atoms with Gasteiger partial charge in [0.15, 0.2) is 5.82 Å². The number of aromatic nitrogens is 3. The van der Waals surface area contributed by atoms with Gasteiger partial charge in [-0.15, -0.1) is 16.4 Å². The van der Waals surface area contributed by atoms with Gasteiger partial charge in [0.05, 0.1) is 35.0 Å². The first-order chi connectivity index (χ1) is 16.0. The molecule has 3 heterocycles. The number of benzene rings is 1. The molecule has 0 spiro atoms. The molecule has 10 nitrogen and oxygen atoms in total. The number of halogens is 1. The minimum Gasteiger partial charge on any atom is -0.463 e. The molecule has 33 heavy (non-hydrogen) atoms. The Morgan fingerprint density at radius 3 is 2.67 bits per heavy atom. The van der Waals surface area contributed by atoms with Crippen molar-refractivity contribution in [2.45, 2.75) is 6.92 Å². The van der Waals surface area contributed by atoms with E-state index < -0.39 is 23.8 Å². The fraction of sp³-hybridized carbons (Fsp3) is 0.190. The van der Waals surface area contributed by atoms with Crippen LogP contribution in [0.25, 0.3) is 16.4 Å². The van der Waals surface area contributed by atoms with Gasteiger partial charge in [0.2, 0.25) is 0 Å². The van der Waals surface area contributed by atoms with Gasteiger partial charge in [-0.3, -0.25) is 0 Å². The van der Waals surface area contributed by atoms with Crippen LogP contribution >= 0.6 is 11.3 Å². The average molecular weight is 471 g/mol. The first kappa shape index (κ1) is 22.1. The second-order valence-corrected chi connectivity index (χ2v) is 7.63. The highest BCUT2D eigenvalue weighted by atomic mass is 32.1. The van der Waals surface area contributed by atoms with Crippen molar-refractivity contribution in [1.29, 1.82) is 0 Å². The normalized spacial score (nSPS) is 13.3. The van der Waals surface area contributed by atoms with Crippen LogP contribution in [0.2, 0.25) is 0 Å². The van der Waals surface area contributed by atoms with E-state index in [1.165, 1.54) is 40.3 Å². The van der Waals surface area contributed by atoms with Crippen molar-refractivity contribution in [3.63, 3.8) is 0 Å². The third-order valence-corrected chi connectivity index (χ3v) is 5.39. The highest BCUT2D eigenvalue weighted by Gasteiger charge is 2.26. The molecule has 2 N–H and O–H groups in total. The summed E-state index contributed by atoms with van der Waals surface area (Å²) in [7, 11) is 0. The summed E-state index contributed by atoms with van der Waals surface area (Å²) in [4.78, 5) is 41.5. The van der Waals surface area contributed by atoms with Gasteiger partial charge in [-0.25, -0.2) is 23.5 Å². The first-order valence-corrected chi connectivity index (χ1v) is 10.7.